The van der Waals surface area contributed by atoms with Gasteiger partial charge in [-0.25, -0.2) is 4.98 Å². The largest absolute Gasteiger partial charge is 0.416 e. The molecular formula is C23H22ClF3N6O. The van der Waals surface area contributed by atoms with E-state index < -0.39 is 11.7 Å². The minimum absolute atomic E-state index is 0.0558. The van der Waals surface area contributed by atoms with Crippen LogP contribution in [-0.4, -0.2) is 58.2 Å². The first-order chi connectivity index (χ1) is 16.1. The summed E-state index contributed by atoms with van der Waals surface area (Å²) < 4.78 is 39.0. The summed E-state index contributed by atoms with van der Waals surface area (Å²) in [5.74, 6) is 0.412. The summed E-state index contributed by atoms with van der Waals surface area (Å²) in [5.41, 5.74) is 0.914. The van der Waals surface area contributed by atoms with Crippen LogP contribution in [-0.2, 0) is 11.0 Å². The van der Waals surface area contributed by atoms with E-state index >= 15 is 0 Å². The van der Waals surface area contributed by atoms with Crippen molar-refractivity contribution in [3.8, 4) is 22.5 Å². The topological polar surface area (TPSA) is 75.1 Å². The third kappa shape index (κ3) is 4.96. The van der Waals surface area contributed by atoms with E-state index in [1.807, 2.05) is 4.90 Å². The number of aromatic nitrogens is 4. The fourth-order valence-electron chi connectivity index (χ4n) is 3.91. The Kier molecular flexibility index (Phi) is 6.70. The molecule has 1 aromatic carbocycles. The van der Waals surface area contributed by atoms with Gasteiger partial charge in [-0.3, -0.25) is 9.78 Å². The van der Waals surface area contributed by atoms with Gasteiger partial charge in [0.05, 0.1) is 10.6 Å². The van der Waals surface area contributed by atoms with Gasteiger partial charge >= 0.3 is 6.18 Å². The van der Waals surface area contributed by atoms with Crippen molar-refractivity contribution in [2.24, 2.45) is 5.92 Å². The highest BCUT2D eigenvalue weighted by Gasteiger charge is 2.31. The maximum atomic E-state index is 13.0. The molecule has 178 valence electrons. The van der Waals surface area contributed by atoms with Crippen LogP contribution in [0.2, 0.25) is 5.02 Å². The second kappa shape index (κ2) is 9.54. The van der Waals surface area contributed by atoms with E-state index in [1.165, 1.54) is 18.3 Å². The number of amides is 1. The van der Waals surface area contributed by atoms with Crippen LogP contribution in [0.15, 0.2) is 42.7 Å². The predicted octanol–water partition coefficient (Wildman–Crippen LogP) is 4.58. The number of rotatable bonds is 4. The van der Waals surface area contributed by atoms with Crippen LogP contribution in [0.1, 0.15) is 18.4 Å². The number of hydrogen-bond donors (Lipinski definition) is 0. The highest BCUT2D eigenvalue weighted by atomic mass is 35.5. The Morgan fingerprint density at radius 2 is 1.74 bits per heavy atom. The lowest BCUT2D eigenvalue weighted by Gasteiger charge is -2.32. The zero-order valence-corrected chi connectivity index (χ0v) is 19.3. The van der Waals surface area contributed by atoms with E-state index in [2.05, 4.69) is 15.2 Å². The first-order valence-corrected chi connectivity index (χ1v) is 11.0. The molecule has 3 heterocycles. The maximum absolute atomic E-state index is 13.0. The molecule has 0 radical (unpaired) electrons. The molecule has 0 aliphatic carbocycles. The molecule has 0 unspecified atom stereocenters. The number of piperidine rings is 1. The lowest BCUT2D eigenvalue weighted by molar-refractivity contribution is -0.137. The van der Waals surface area contributed by atoms with Gasteiger partial charge in [-0.15, -0.1) is 10.2 Å². The smallest absolute Gasteiger partial charge is 0.349 e. The number of halogens is 4. The molecule has 0 atom stereocenters. The summed E-state index contributed by atoms with van der Waals surface area (Å²) in [4.78, 5) is 24.5. The number of hydrogen-bond acceptors (Lipinski definition) is 6. The molecule has 4 rings (SSSR count). The SMILES string of the molecule is CN(C)C(=O)C1CCN(c2nnc(-c3ccc(C(F)(F)F)cc3)c(-c3ccncc3Cl)n2)CC1. The number of benzene rings is 1. The second-order valence-corrected chi connectivity index (χ2v) is 8.64. The molecule has 0 N–H and O–H groups in total. The highest BCUT2D eigenvalue weighted by Crippen LogP contribution is 2.36. The Balaban J connectivity index is 1.69. The van der Waals surface area contributed by atoms with E-state index in [0.29, 0.717) is 59.4 Å². The number of pyridine rings is 1. The van der Waals surface area contributed by atoms with Crippen LogP contribution in [0.5, 0.6) is 0 Å². The summed E-state index contributed by atoms with van der Waals surface area (Å²) in [6.45, 7) is 1.16. The van der Waals surface area contributed by atoms with E-state index in [9.17, 15) is 18.0 Å². The van der Waals surface area contributed by atoms with Gasteiger partial charge in [0.2, 0.25) is 11.9 Å². The fraction of sp³-hybridized carbons (Fsp3) is 0.348. The molecule has 1 saturated heterocycles. The summed E-state index contributed by atoms with van der Waals surface area (Å²) in [6.07, 6.45) is -0.103. The molecule has 1 aliphatic rings. The zero-order valence-electron chi connectivity index (χ0n) is 18.6. The Morgan fingerprint density at radius 3 is 2.32 bits per heavy atom. The van der Waals surface area contributed by atoms with Gasteiger partial charge in [-0.2, -0.15) is 13.2 Å². The molecule has 34 heavy (non-hydrogen) atoms. The second-order valence-electron chi connectivity index (χ2n) is 8.23. The van der Waals surface area contributed by atoms with Crippen LogP contribution >= 0.6 is 11.6 Å². The fourth-order valence-corrected chi connectivity index (χ4v) is 4.12. The maximum Gasteiger partial charge on any atom is 0.416 e. The van der Waals surface area contributed by atoms with Gasteiger partial charge in [-0.1, -0.05) is 23.7 Å². The van der Waals surface area contributed by atoms with Crippen molar-refractivity contribution < 1.29 is 18.0 Å². The van der Waals surface area contributed by atoms with Gasteiger partial charge in [0, 0.05) is 56.6 Å². The Labute approximate surface area is 199 Å². The number of nitrogens with zero attached hydrogens (tertiary/aromatic N) is 6. The van der Waals surface area contributed by atoms with Crippen molar-refractivity contribution in [2.75, 3.05) is 32.1 Å². The van der Waals surface area contributed by atoms with Crippen molar-refractivity contribution >= 4 is 23.5 Å². The van der Waals surface area contributed by atoms with Gasteiger partial charge in [0.1, 0.15) is 11.4 Å². The average molecular weight is 491 g/mol. The lowest BCUT2D eigenvalue weighted by Crippen LogP contribution is -2.40. The molecule has 0 spiro atoms. The van der Waals surface area contributed by atoms with Gasteiger partial charge in [0.15, 0.2) is 0 Å². The van der Waals surface area contributed by atoms with Gasteiger partial charge in [-0.05, 0) is 31.0 Å². The third-order valence-corrected chi connectivity index (χ3v) is 6.06. The van der Waals surface area contributed by atoms with Crippen LogP contribution < -0.4 is 4.90 Å². The summed E-state index contributed by atoms with van der Waals surface area (Å²) in [7, 11) is 3.49. The Bertz CT molecular complexity index is 1180. The van der Waals surface area contributed by atoms with Crippen LogP contribution in [0.3, 0.4) is 0 Å². The lowest BCUT2D eigenvalue weighted by atomic mass is 9.96. The predicted molar refractivity (Wildman–Crippen MR) is 122 cm³/mol. The van der Waals surface area contributed by atoms with Crippen molar-refractivity contribution in [3.63, 3.8) is 0 Å². The van der Waals surface area contributed by atoms with E-state index in [0.717, 1.165) is 12.1 Å². The van der Waals surface area contributed by atoms with Crippen molar-refractivity contribution in [1.82, 2.24) is 25.1 Å². The molecule has 11 heteroatoms. The summed E-state index contributed by atoms with van der Waals surface area (Å²) in [6, 6.07) is 6.34. The summed E-state index contributed by atoms with van der Waals surface area (Å²) in [5, 5.41) is 8.92. The van der Waals surface area contributed by atoms with Crippen LogP contribution in [0.25, 0.3) is 22.5 Å². The van der Waals surface area contributed by atoms with E-state index in [4.69, 9.17) is 16.6 Å². The minimum atomic E-state index is -4.44. The van der Waals surface area contributed by atoms with Gasteiger partial charge in [0.25, 0.3) is 0 Å². The standard InChI is InChI=1S/C23H22ClF3N6O/c1-32(2)21(34)15-8-11-33(12-9-15)22-29-20(17-7-10-28-13-18(17)24)19(30-31-22)14-3-5-16(6-4-14)23(25,26)27/h3-7,10,13,15H,8-9,11-12H2,1-2H3. The number of carbonyl (C=O) groups is 1. The highest BCUT2D eigenvalue weighted by molar-refractivity contribution is 6.33. The van der Waals surface area contributed by atoms with Gasteiger partial charge < -0.3 is 9.80 Å². The first-order valence-electron chi connectivity index (χ1n) is 10.6. The summed E-state index contributed by atoms with van der Waals surface area (Å²) >= 11 is 6.37. The van der Waals surface area contributed by atoms with Crippen LogP contribution in [0, 0.1) is 5.92 Å². The third-order valence-electron chi connectivity index (χ3n) is 5.76. The van der Waals surface area contributed by atoms with Crippen LogP contribution in [0.4, 0.5) is 19.1 Å². The van der Waals surface area contributed by atoms with E-state index in [1.54, 1.807) is 31.3 Å². The molecule has 1 amide bonds. The molecular weight excluding hydrogens is 469 g/mol. The normalized spacial score (nSPS) is 14.8. The van der Waals surface area contributed by atoms with Crippen molar-refractivity contribution in [1.29, 1.82) is 0 Å². The molecule has 0 bridgehead atoms. The van der Waals surface area contributed by atoms with Crippen molar-refractivity contribution in [2.45, 2.75) is 19.0 Å². The molecule has 3 aromatic rings. The average Bonchev–Trinajstić information content (AvgIpc) is 2.83. The molecule has 1 aliphatic heterocycles. The van der Waals surface area contributed by atoms with Crippen molar-refractivity contribution in [3.05, 3.63) is 53.3 Å². The monoisotopic (exact) mass is 490 g/mol. The molecule has 7 nitrogen and oxygen atoms in total. The number of anilines is 1. The number of alkyl halides is 3. The Hall–Kier alpha value is -3.27. The number of carbonyl (C=O) groups excluding carboxylic acids is 1. The molecule has 0 saturated carbocycles. The quantitative estimate of drug-likeness (QED) is 0.533. The first kappa shape index (κ1) is 23.9. The minimum Gasteiger partial charge on any atom is -0.349 e. The zero-order chi connectivity index (χ0) is 24.5. The molecule has 1 fully saturated rings. The molecule has 2 aromatic heterocycles. The Morgan fingerprint density at radius 1 is 1.06 bits per heavy atom. The van der Waals surface area contributed by atoms with E-state index in [-0.39, 0.29) is 11.8 Å².